The van der Waals surface area contributed by atoms with Crippen molar-refractivity contribution in [1.29, 1.82) is 0 Å². The van der Waals surface area contributed by atoms with Gasteiger partial charge in [-0.25, -0.2) is 0 Å². The zero-order valence-electron chi connectivity index (χ0n) is 5.33. The van der Waals surface area contributed by atoms with Gasteiger partial charge in [0, 0.05) is 10.7 Å². The summed E-state index contributed by atoms with van der Waals surface area (Å²) in [4.78, 5) is 8.67. The van der Waals surface area contributed by atoms with E-state index in [9.17, 15) is 4.57 Å². The SMILES string of the molecule is O=[P+](O)N(CCBr)CCBr. The number of hydrogen-bond acceptors (Lipinski definition) is 1. The summed E-state index contributed by atoms with van der Waals surface area (Å²) in [5.41, 5.74) is 0. The molecule has 0 aromatic rings. The first-order chi connectivity index (χ1) is 4.72. The van der Waals surface area contributed by atoms with Crippen LogP contribution in [0.25, 0.3) is 0 Å². The summed E-state index contributed by atoms with van der Waals surface area (Å²) in [6.07, 6.45) is 0. The van der Waals surface area contributed by atoms with E-state index in [0.717, 1.165) is 10.7 Å². The fraction of sp³-hybridized carbons (Fsp3) is 1.00. The van der Waals surface area contributed by atoms with Gasteiger partial charge < -0.3 is 0 Å². The average molecular weight is 294 g/mol. The highest BCUT2D eigenvalue weighted by Crippen LogP contribution is 2.20. The van der Waals surface area contributed by atoms with Gasteiger partial charge in [-0.2, -0.15) is 0 Å². The molecule has 0 fully saturated rings. The van der Waals surface area contributed by atoms with Crippen LogP contribution in [0.15, 0.2) is 0 Å². The largest absolute Gasteiger partial charge is 0.613 e. The van der Waals surface area contributed by atoms with Gasteiger partial charge in [0.05, 0.1) is 13.1 Å². The van der Waals surface area contributed by atoms with Gasteiger partial charge in [-0.3, -0.25) is 0 Å². The van der Waals surface area contributed by atoms with Crippen LogP contribution in [0.2, 0.25) is 0 Å². The third kappa shape index (κ3) is 4.74. The van der Waals surface area contributed by atoms with E-state index in [1.807, 2.05) is 0 Å². The van der Waals surface area contributed by atoms with Crippen molar-refractivity contribution in [3.05, 3.63) is 0 Å². The molecule has 1 atom stereocenters. The van der Waals surface area contributed by atoms with Gasteiger partial charge in [-0.15, -0.1) is 4.89 Å². The maximum absolute atomic E-state index is 10.5. The van der Waals surface area contributed by atoms with Crippen LogP contribution in [-0.2, 0) is 4.57 Å². The summed E-state index contributed by atoms with van der Waals surface area (Å²) >= 11 is 6.38. The minimum Gasteiger partial charge on any atom is -0.144 e. The van der Waals surface area contributed by atoms with Crippen molar-refractivity contribution < 1.29 is 9.46 Å². The fourth-order valence-corrected chi connectivity index (χ4v) is 2.42. The molecule has 0 amide bonds. The molecule has 0 aromatic carbocycles. The van der Waals surface area contributed by atoms with Crippen LogP contribution in [0.5, 0.6) is 0 Å². The summed E-state index contributed by atoms with van der Waals surface area (Å²) in [5, 5.41) is 1.45. The molecule has 0 radical (unpaired) electrons. The van der Waals surface area contributed by atoms with Crippen molar-refractivity contribution in [3.63, 3.8) is 0 Å². The van der Waals surface area contributed by atoms with E-state index in [2.05, 4.69) is 31.9 Å². The lowest BCUT2D eigenvalue weighted by molar-refractivity contribution is 0.395. The zero-order valence-corrected chi connectivity index (χ0v) is 9.40. The van der Waals surface area contributed by atoms with Crippen LogP contribution in [0.4, 0.5) is 0 Å². The molecule has 6 heteroatoms. The molecule has 1 N–H and O–H groups in total. The highest BCUT2D eigenvalue weighted by molar-refractivity contribution is 9.09. The maximum Gasteiger partial charge on any atom is 0.613 e. The van der Waals surface area contributed by atoms with E-state index < -0.39 is 8.18 Å². The van der Waals surface area contributed by atoms with Gasteiger partial charge >= 0.3 is 8.18 Å². The Morgan fingerprint density at radius 3 is 1.90 bits per heavy atom. The highest BCUT2D eigenvalue weighted by atomic mass is 79.9. The summed E-state index contributed by atoms with van der Waals surface area (Å²) in [5.74, 6) is 0. The van der Waals surface area contributed by atoms with Gasteiger partial charge in [0.1, 0.15) is 0 Å². The van der Waals surface area contributed by atoms with Crippen LogP contribution in [0.1, 0.15) is 0 Å². The molecule has 0 saturated heterocycles. The van der Waals surface area contributed by atoms with Gasteiger partial charge in [-0.1, -0.05) is 36.5 Å². The zero-order chi connectivity index (χ0) is 7.98. The second kappa shape index (κ2) is 6.68. The number of halogens is 2. The predicted molar refractivity (Wildman–Crippen MR) is 49.0 cm³/mol. The standard InChI is InChI=1S/C4H8Br2NO2P/c5-1-3-7(4-2-6)10(8)9/h1-4H2/p+1. The van der Waals surface area contributed by atoms with Crippen LogP contribution in [-0.4, -0.2) is 33.3 Å². The summed E-state index contributed by atoms with van der Waals surface area (Å²) in [7, 11) is -2.15. The molecule has 10 heavy (non-hydrogen) atoms. The van der Waals surface area contributed by atoms with E-state index in [1.165, 1.54) is 4.67 Å². The topological polar surface area (TPSA) is 40.5 Å². The molecule has 3 nitrogen and oxygen atoms in total. The Morgan fingerprint density at radius 2 is 1.70 bits per heavy atom. The third-order valence-corrected chi connectivity index (χ3v) is 2.52. The molecule has 0 spiro atoms. The lowest BCUT2D eigenvalue weighted by atomic mass is 10.7. The quantitative estimate of drug-likeness (QED) is 0.620. The minimum atomic E-state index is -2.15. The molecule has 0 bridgehead atoms. The molecule has 0 rings (SSSR count). The first kappa shape index (κ1) is 11.0. The Hall–Kier alpha value is 0.980. The highest BCUT2D eigenvalue weighted by Gasteiger charge is 2.23. The number of nitrogens with zero attached hydrogens (tertiary/aromatic N) is 1. The van der Waals surface area contributed by atoms with Crippen LogP contribution >= 0.6 is 40.0 Å². The van der Waals surface area contributed by atoms with Crippen molar-refractivity contribution in [2.75, 3.05) is 23.7 Å². The Labute approximate surface area is 78.0 Å². The molecule has 1 unspecified atom stereocenters. The molecular formula is C4H9Br2NO2P+. The van der Waals surface area contributed by atoms with Gasteiger partial charge in [-0.05, 0) is 4.57 Å². The van der Waals surface area contributed by atoms with Gasteiger partial charge in [0.25, 0.3) is 0 Å². The normalized spacial score (nSPS) is 12.2. The van der Waals surface area contributed by atoms with Crippen LogP contribution < -0.4 is 0 Å². The van der Waals surface area contributed by atoms with Gasteiger partial charge in [0.2, 0.25) is 0 Å². The average Bonchev–Trinajstić information content (AvgIpc) is 1.87. The van der Waals surface area contributed by atoms with Crippen LogP contribution in [0, 0.1) is 0 Å². The molecule has 0 aliphatic rings. The van der Waals surface area contributed by atoms with Crippen molar-refractivity contribution in [2.24, 2.45) is 0 Å². The summed E-state index contributed by atoms with van der Waals surface area (Å²) < 4.78 is 12.0. The third-order valence-electron chi connectivity index (χ3n) is 0.927. The van der Waals surface area contributed by atoms with E-state index in [0.29, 0.717) is 13.1 Å². The fourth-order valence-electron chi connectivity index (χ4n) is 0.478. The van der Waals surface area contributed by atoms with E-state index in [1.54, 1.807) is 0 Å². The number of hydrogen-bond donors (Lipinski definition) is 1. The number of rotatable bonds is 5. The Morgan fingerprint density at radius 1 is 1.30 bits per heavy atom. The molecule has 0 aliphatic heterocycles. The Bertz CT molecular complexity index is 107. The number of alkyl halides is 2. The minimum absolute atomic E-state index is 0.608. The van der Waals surface area contributed by atoms with E-state index in [4.69, 9.17) is 4.89 Å². The van der Waals surface area contributed by atoms with Crippen molar-refractivity contribution >= 4 is 40.0 Å². The Balaban J connectivity index is 3.61. The molecule has 0 aliphatic carbocycles. The van der Waals surface area contributed by atoms with Gasteiger partial charge in [0.15, 0.2) is 0 Å². The monoisotopic (exact) mass is 292 g/mol. The summed E-state index contributed by atoms with van der Waals surface area (Å²) in [6.45, 7) is 1.22. The van der Waals surface area contributed by atoms with Crippen molar-refractivity contribution in [1.82, 2.24) is 4.67 Å². The van der Waals surface area contributed by atoms with E-state index >= 15 is 0 Å². The maximum atomic E-state index is 10.5. The van der Waals surface area contributed by atoms with Crippen molar-refractivity contribution in [2.45, 2.75) is 0 Å². The second-order valence-electron chi connectivity index (χ2n) is 1.58. The first-order valence-electron chi connectivity index (χ1n) is 2.75. The summed E-state index contributed by atoms with van der Waals surface area (Å²) in [6, 6.07) is 0. The molecule has 0 aromatic heterocycles. The molecular weight excluding hydrogens is 285 g/mol. The second-order valence-corrected chi connectivity index (χ2v) is 4.24. The van der Waals surface area contributed by atoms with E-state index in [-0.39, 0.29) is 0 Å². The predicted octanol–water partition coefficient (Wildman–Crippen LogP) is 1.73. The first-order valence-corrected chi connectivity index (χ1v) is 6.16. The smallest absolute Gasteiger partial charge is 0.144 e. The molecule has 60 valence electrons. The van der Waals surface area contributed by atoms with Crippen molar-refractivity contribution in [3.8, 4) is 0 Å². The molecule has 0 saturated carbocycles. The molecule has 0 heterocycles. The lowest BCUT2D eigenvalue weighted by Gasteiger charge is -2.02. The Kier molecular flexibility index (Phi) is 7.33. The van der Waals surface area contributed by atoms with Crippen LogP contribution in [0.3, 0.4) is 0 Å². The lowest BCUT2D eigenvalue weighted by Crippen LogP contribution is -2.19.